The Labute approximate surface area is 236 Å². The maximum Gasteiger partial charge on any atom is -0.00773 e. The van der Waals surface area contributed by atoms with Gasteiger partial charge in [-0.1, -0.05) is 192 Å². The molecule has 0 fully saturated rings. The Kier molecular flexibility index (Phi) is 35.4. The maximum atomic E-state index is 5.54. The highest BCUT2D eigenvalue weighted by atomic mass is 14.5. The van der Waals surface area contributed by atoms with E-state index in [9.17, 15) is 0 Å². The Morgan fingerprint density at radius 3 is 0.757 bits per heavy atom. The van der Waals surface area contributed by atoms with Crippen molar-refractivity contribution in [3.8, 4) is 0 Å². The molecule has 0 saturated heterocycles. The monoisotopic (exact) mass is 520 g/mol. The zero-order chi connectivity index (χ0) is 26.7. The normalized spacial score (nSPS) is 11.7. The summed E-state index contributed by atoms with van der Waals surface area (Å²) in [6, 6.07) is 0. The van der Waals surface area contributed by atoms with Crippen molar-refractivity contribution in [2.24, 2.45) is 5.73 Å². The maximum absolute atomic E-state index is 5.54. The number of rotatable bonds is 33. The van der Waals surface area contributed by atoms with Crippen molar-refractivity contribution in [1.82, 2.24) is 0 Å². The van der Waals surface area contributed by atoms with Crippen molar-refractivity contribution >= 4 is 0 Å². The molecule has 0 spiro atoms. The summed E-state index contributed by atoms with van der Waals surface area (Å²) in [6.07, 6.45) is 50.8. The zero-order valence-electron chi connectivity index (χ0n) is 26.1. The third-order valence-electron chi connectivity index (χ3n) is 8.22. The molecular weight excluding hydrogens is 446 g/mol. The van der Waals surface area contributed by atoms with Gasteiger partial charge in [0.25, 0.3) is 0 Å². The van der Waals surface area contributed by atoms with Gasteiger partial charge in [0.15, 0.2) is 0 Å². The molecule has 0 bridgehead atoms. The van der Waals surface area contributed by atoms with E-state index in [1.807, 2.05) is 0 Å². The number of hydrogen-bond donors (Lipinski definition) is 1. The summed E-state index contributed by atoms with van der Waals surface area (Å²) in [4.78, 5) is 0. The molecular formula is C36H73N. The Hall–Kier alpha value is -0.300. The molecule has 0 aromatic carbocycles. The van der Waals surface area contributed by atoms with Gasteiger partial charge >= 0.3 is 0 Å². The van der Waals surface area contributed by atoms with E-state index in [-0.39, 0.29) is 0 Å². The van der Waals surface area contributed by atoms with Crippen LogP contribution in [0.2, 0.25) is 0 Å². The van der Waals surface area contributed by atoms with E-state index in [2.05, 4.69) is 19.1 Å². The van der Waals surface area contributed by atoms with Crippen molar-refractivity contribution in [2.45, 2.75) is 212 Å². The second-order valence-corrected chi connectivity index (χ2v) is 12.1. The van der Waals surface area contributed by atoms with Crippen LogP contribution in [0, 0.1) is 0 Å². The molecule has 0 aromatic rings. The molecule has 1 heteroatoms. The van der Waals surface area contributed by atoms with Crippen LogP contribution in [0.5, 0.6) is 0 Å². The summed E-state index contributed by atoms with van der Waals surface area (Å²) >= 11 is 0. The van der Waals surface area contributed by atoms with E-state index in [0.717, 1.165) is 6.54 Å². The summed E-state index contributed by atoms with van der Waals surface area (Å²) in [6.45, 7) is 3.17. The highest BCUT2D eigenvalue weighted by Crippen LogP contribution is 2.16. The van der Waals surface area contributed by atoms with Crippen LogP contribution in [0.1, 0.15) is 212 Å². The first kappa shape index (κ1) is 36.7. The topological polar surface area (TPSA) is 26.0 Å². The summed E-state index contributed by atoms with van der Waals surface area (Å²) in [7, 11) is 0. The van der Waals surface area contributed by atoms with Crippen molar-refractivity contribution in [1.29, 1.82) is 0 Å². The first-order valence-corrected chi connectivity index (χ1v) is 17.8. The Balaban J connectivity index is 3.05. The molecule has 0 radical (unpaired) electrons. The summed E-state index contributed by atoms with van der Waals surface area (Å²) in [5, 5.41) is 0. The van der Waals surface area contributed by atoms with Crippen LogP contribution >= 0.6 is 0 Å². The average molecular weight is 520 g/mol. The molecule has 0 unspecified atom stereocenters. The van der Waals surface area contributed by atoms with E-state index in [1.54, 1.807) is 0 Å². The highest BCUT2D eigenvalue weighted by molar-refractivity contribution is 4.81. The van der Waals surface area contributed by atoms with Gasteiger partial charge in [-0.15, -0.1) is 0 Å². The third kappa shape index (κ3) is 35.7. The van der Waals surface area contributed by atoms with Crippen LogP contribution in [0.25, 0.3) is 0 Å². The van der Waals surface area contributed by atoms with Crippen LogP contribution < -0.4 is 5.73 Å². The van der Waals surface area contributed by atoms with Crippen LogP contribution in [0.3, 0.4) is 0 Å². The van der Waals surface area contributed by atoms with E-state index in [4.69, 9.17) is 5.73 Å². The fraction of sp³-hybridized carbons (Fsp3) is 0.944. The average Bonchev–Trinajstić information content (AvgIpc) is 2.91. The van der Waals surface area contributed by atoms with E-state index in [1.165, 1.54) is 205 Å². The SMILES string of the molecule is CCCCCCCC/C=C\CCCCCCCCCCCCCCCCCCCCCCCCCCN. The lowest BCUT2D eigenvalue weighted by molar-refractivity contribution is 0.517. The first-order valence-electron chi connectivity index (χ1n) is 17.8. The number of unbranched alkanes of at least 4 members (excludes halogenated alkanes) is 30. The number of nitrogens with two attached hydrogens (primary N) is 1. The molecule has 0 amide bonds. The molecule has 0 aliphatic rings. The van der Waals surface area contributed by atoms with Gasteiger partial charge in [0.2, 0.25) is 0 Å². The molecule has 0 atom stereocenters. The molecule has 2 N–H and O–H groups in total. The quantitative estimate of drug-likeness (QED) is 0.0677. The zero-order valence-corrected chi connectivity index (χ0v) is 26.1. The molecule has 1 nitrogen and oxygen atoms in total. The van der Waals surface area contributed by atoms with Gasteiger partial charge in [-0.05, 0) is 38.6 Å². The fourth-order valence-corrected chi connectivity index (χ4v) is 5.57. The van der Waals surface area contributed by atoms with Crippen molar-refractivity contribution in [3.63, 3.8) is 0 Å². The molecule has 222 valence electrons. The third-order valence-corrected chi connectivity index (χ3v) is 8.22. The Morgan fingerprint density at radius 2 is 0.514 bits per heavy atom. The fourth-order valence-electron chi connectivity index (χ4n) is 5.57. The number of allylic oxidation sites excluding steroid dienone is 2. The first-order chi connectivity index (χ1) is 18.4. The summed E-state index contributed by atoms with van der Waals surface area (Å²) < 4.78 is 0. The Bertz CT molecular complexity index is 401. The van der Waals surface area contributed by atoms with Crippen LogP contribution in [-0.2, 0) is 0 Å². The van der Waals surface area contributed by atoms with Gasteiger partial charge in [0, 0.05) is 0 Å². The van der Waals surface area contributed by atoms with E-state index in [0.29, 0.717) is 0 Å². The minimum absolute atomic E-state index is 0.873. The lowest BCUT2D eigenvalue weighted by Crippen LogP contribution is -1.97. The van der Waals surface area contributed by atoms with E-state index < -0.39 is 0 Å². The lowest BCUT2D eigenvalue weighted by atomic mass is 10.0. The van der Waals surface area contributed by atoms with Gasteiger partial charge < -0.3 is 5.73 Å². The standard InChI is InChI=1S/C36H73N/c1-2-3-4-5-6-7-8-9-10-11-12-13-14-15-16-17-18-19-20-21-22-23-24-25-26-27-28-29-30-31-32-33-34-35-36-37/h9-10H,2-8,11-37H2,1H3/b10-9-. The predicted octanol–water partition coefficient (Wildman–Crippen LogP) is 13.0. The molecule has 0 saturated carbocycles. The lowest BCUT2D eigenvalue weighted by Gasteiger charge is -2.04. The molecule has 0 aromatic heterocycles. The van der Waals surface area contributed by atoms with Crippen molar-refractivity contribution in [3.05, 3.63) is 12.2 Å². The molecule has 0 heterocycles. The van der Waals surface area contributed by atoms with Crippen molar-refractivity contribution in [2.75, 3.05) is 6.54 Å². The Morgan fingerprint density at radius 1 is 0.297 bits per heavy atom. The van der Waals surface area contributed by atoms with Crippen LogP contribution in [-0.4, -0.2) is 6.54 Å². The van der Waals surface area contributed by atoms with Gasteiger partial charge in [0.1, 0.15) is 0 Å². The predicted molar refractivity (Wildman–Crippen MR) is 172 cm³/mol. The summed E-state index contributed by atoms with van der Waals surface area (Å²) in [5.41, 5.74) is 5.54. The molecule has 0 rings (SSSR count). The van der Waals surface area contributed by atoms with Gasteiger partial charge in [-0.25, -0.2) is 0 Å². The second-order valence-electron chi connectivity index (χ2n) is 12.1. The highest BCUT2D eigenvalue weighted by Gasteiger charge is 1.96. The van der Waals surface area contributed by atoms with E-state index >= 15 is 0 Å². The van der Waals surface area contributed by atoms with Crippen LogP contribution in [0.4, 0.5) is 0 Å². The van der Waals surface area contributed by atoms with Crippen molar-refractivity contribution < 1.29 is 0 Å². The molecule has 37 heavy (non-hydrogen) atoms. The minimum atomic E-state index is 0.873. The summed E-state index contributed by atoms with van der Waals surface area (Å²) in [5.74, 6) is 0. The largest absolute Gasteiger partial charge is 0.330 e. The number of hydrogen-bond acceptors (Lipinski definition) is 1. The second kappa shape index (κ2) is 35.7. The van der Waals surface area contributed by atoms with Gasteiger partial charge in [0.05, 0.1) is 0 Å². The van der Waals surface area contributed by atoms with Crippen LogP contribution in [0.15, 0.2) is 12.2 Å². The minimum Gasteiger partial charge on any atom is -0.330 e. The molecule has 0 aliphatic heterocycles. The van der Waals surface area contributed by atoms with Gasteiger partial charge in [-0.3, -0.25) is 0 Å². The molecule has 0 aliphatic carbocycles. The van der Waals surface area contributed by atoms with Gasteiger partial charge in [-0.2, -0.15) is 0 Å². The smallest absolute Gasteiger partial charge is 0.00773 e.